The third-order valence-corrected chi connectivity index (χ3v) is 4.32. The molecule has 0 aliphatic carbocycles. The molecule has 2 nitrogen and oxygen atoms in total. The van der Waals surface area contributed by atoms with Gasteiger partial charge in [-0.05, 0) is 57.1 Å². The van der Waals surface area contributed by atoms with E-state index in [0.29, 0.717) is 6.04 Å². The molecule has 20 heavy (non-hydrogen) atoms. The van der Waals surface area contributed by atoms with E-state index in [1.165, 1.54) is 43.2 Å². The van der Waals surface area contributed by atoms with Crippen LogP contribution in [-0.2, 0) is 11.2 Å². The Hall–Kier alpha value is -0.860. The molecule has 0 spiro atoms. The van der Waals surface area contributed by atoms with Crippen molar-refractivity contribution in [3.05, 3.63) is 35.4 Å². The number of aryl methyl sites for hydroxylation is 2. The van der Waals surface area contributed by atoms with Gasteiger partial charge in [0.05, 0.1) is 0 Å². The smallest absolute Gasteiger partial charge is 0.0469 e. The van der Waals surface area contributed by atoms with Crippen molar-refractivity contribution in [3.8, 4) is 0 Å². The first-order valence-corrected chi connectivity index (χ1v) is 8.16. The molecule has 2 rings (SSSR count). The molecule has 1 aliphatic rings. The fraction of sp³-hybridized carbons (Fsp3) is 0.667. The minimum Gasteiger partial charge on any atom is -0.381 e. The van der Waals surface area contributed by atoms with Gasteiger partial charge in [-0.2, -0.15) is 0 Å². The van der Waals surface area contributed by atoms with Crippen molar-refractivity contribution in [2.75, 3.05) is 19.8 Å². The molecular formula is C18H29NO. The Balaban J connectivity index is 1.89. The summed E-state index contributed by atoms with van der Waals surface area (Å²) in [5.41, 5.74) is 2.84. The van der Waals surface area contributed by atoms with Crippen LogP contribution >= 0.6 is 0 Å². The second kappa shape index (κ2) is 8.43. The van der Waals surface area contributed by atoms with Gasteiger partial charge in [0.1, 0.15) is 0 Å². The van der Waals surface area contributed by atoms with Crippen molar-refractivity contribution in [1.82, 2.24) is 5.32 Å². The zero-order chi connectivity index (χ0) is 14.2. The van der Waals surface area contributed by atoms with Crippen molar-refractivity contribution < 1.29 is 4.74 Å². The van der Waals surface area contributed by atoms with Gasteiger partial charge in [-0.25, -0.2) is 0 Å². The minimum absolute atomic E-state index is 0.652. The van der Waals surface area contributed by atoms with Crippen LogP contribution in [0.4, 0.5) is 0 Å². The molecular weight excluding hydrogens is 246 g/mol. The average Bonchev–Trinajstić information content (AvgIpc) is 2.48. The zero-order valence-corrected chi connectivity index (χ0v) is 13.0. The minimum atomic E-state index is 0.652. The number of rotatable bonds is 7. The average molecular weight is 275 g/mol. The van der Waals surface area contributed by atoms with Gasteiger partial charge in [-0.15, -0.1) is 0 Å². The predicted octanol–water partition coefficient (Wildman–Crippen LogP) is 3.72. The molecule has 0 amide bonds. The van der Waals surface area contributed by atoms with Crippen molar-refractivity contribution in [2.24, 2.45) is 5.92 Å². The van der Waals surface area contributed by atoms with Gasteiger partial charge >= 0.3 is 0 Å². The summed E-state index contributed by atoms with van der Waals surface area (Å²) in [6.45, 7) is 7.44. The van der Waals surface area contributed by atoms with Gasteiger partial charge in [-0.3, -0.25) is 0 Å². The van der Waals surface area contributed by atoms with Gasteiger partial charge in [0.25, 0.3) is 0 Å². The molecule has 1 heterocycles. The molecule has 1 atom stereocenters. The van der Waals surface area contributed by atoms with Gasteiger partial charge in [0, 0.05) is 19.3 Å². The molecule has 2 heteroatoms. The highest BCUT2D eigenvalue weighted by Gasteiger charge is 2.23. The van der Waals surface area contributed by atoms with Gasteiger partial charge < -0.3 is 10.1 Å². The molecule has 112 valence electrons. The molecule has 1 saturated heterocycles. The van der Waals surface area contributed by atoms with E-state index in [1.807, 2.05) is 0 Å². The number of nitrogens with one attached hydrogen (secondary N) is 1. The van der Waals surface area contributed by atoms with E-state index in [0.717, 1.165) is 25.7 Å². The number of hydrogen-bond acceptors (Lipinski definition) is 2. The predicted molar refractivity (Wildman–Crippen MR) is 85.1 cm³/mol. The van der Waals surface area contributed by atoms with Crippen LogP contribution in [-0.4, -0.2) is 25.8 Å². The fourth-order valence-electron chi connectivity index (χ4n) is 3.14. The normalized spacial score (nSPS) is 18.1. The summed E-state index contributed by atoms with van der Waals surface area (Å²) in [4.78, 5) is 0. The fourth-order valence-corrected chi connectivity index (χ4v) is 3.14. The lowest BCUT2D eigenvalue weighted by molar-refractivity contribution is 0.0526. The summed E-state index contributed by atoms with van der Waals surface area (Å²) in [7, 11) is 0. The summed E-state index contributed by atoms with van der Waals surface area (Å²) in [6, 6.07) is 9.58. The van der Waals surface area contributed by atoms with Crippen LogP contribution in [0.5, 0.6) is 0 Å². The maximum Gasteiger partial charge on any atom is 0.0469 e. The molecule has 1 unspecified atom stereocenters. The topological polar surface area (TPSA) is 21.3 Å². The lowest BCUT2D eigenvalue weighted by Gasteiger charge is -2.31. The first-order chi connectivity index (χ1) is 9.79. The van der Waals surface area contributed by atoms with E-state index in [-0.39, 0.29) is 0 Å². The van der Waals surface area contributed by atoms with Crippen LogP contribution in [0, 0.1) is 12.8 Å². The Bertz CT molecular complexity index is 385. The molecule has 1 fully saturated rings. The molecule has 0 aromatic heterocycles. The van der Waals surface area contributed by atoms with Gasteiger partial charge in [0.2, 0.25) is 0 Å². The second-order valence-corrected chi connectivity index (χ2v) is 6.04. The van der Waals surface area contributed by atoms with E-state index < -0.39 is 0 Å². The highest BCUT2D eigenvalue weighted by atomic mass is 16.5. The highest BCUT2D eigenvalue weighted by Crippen LogP contribution is 2.22. The molecule has 1 aromatic rings. The molecule has 1 aromatic carbocycles. The van der Waals surface area contributed by atoms with E-state index in [2.05, 4.69) is 43.4 Å². The summed E-state index contributed by atoms with van der Waals surface area (Å²) in [6.07, 6.45) is 6.07. The highest BCUT2D eigenvalue weighted by molar-refractivity contribution is 5.22. The van der Waals surface area contributed by atoms with Gasteiger partial charge in [0.15, 0.2) is 0 Å². The van der Waals surface area contributed by atoms with E-state index in [4.69, 9.17) is 4.74 Å². The van der Waals surface area contributed by atoms with Crippen LogP contribution in [0.15, 0.2) is 24.3 Å². The molecule has 0 saturated carbocycles. The quantitative estimate of drug-likeness (QED) is 0.819. The van der Waals surface area contributed by atoms with Crippen molar-refractivity contribution in [2.45, 2.75) is 52.0 Å². The number of hydrogen-bond donors (Lipinski definition) is 1. The maximum atomic E-state index is 5.51. The van der Waals surface area contributed by atoms with Crippen molar-refractivity contribution >= 4 is 0 Å². The SMILES string of the molecule is CCCNC(CCc1cccc(C)c1)C1CCOCC1. The van der Waals surface area contributed by atoms with Crippen molar-refractivity contribution in [1.29, 1.82) is 0 Å². The van der Waals surface area contributed by atoms with E-state index in [1.54, 1.807) is 0 Å². The second-order valence-electron chi connectivity index (χ2n) is 6.04. The lowest BCUT2D eigenvalue weighted by Crippen LogP contribution is -2.39. The lowest BCUT2D eigenvalue weighted by atomic mass is 9.87. The summed E-state index contributed by atoms with van der Waals surface area (Å²) in [5.74, 6) is 0.792. The monoisotopic (exact) mass is 275 g/mol. The summed E-state index contributed by atoms with van der Waals surface area (Å²) < 4.78 is 5.51. The Labute approximate surface area is 123 Å². The van der Waals surface area contributed by atoms with Crippen molar-refractivity contribution in [3.63, 3.8) is 0 Å². The largest absolute Gasteiger partial charge is 0.381 e. The van der Waals surface area contributed by atoms with Crippen LogP contribution in [0.2, 0.25) is 0 Å². The zero-order valence-electron chi connectivity index (χ0n) is 13.0. The van der Waals surface area contributed by atoms with Crippen LogP contribution < -0.4 is 5.32 Å². The summed E-state index contributed by atoms with van der Waals surface area (Å²) >= 11 is 0. The third kappa shape index (κ3) is 4.92. The molecule has 0 bridgehead atoms. The van der Waals surface area contributed by atoms with Crippen LogP contribution in [0.25, 0.3) is 0 Å². The molecule has 1 aliphatic heterocycles. The summed E-state index contributed by atoms with van der Waals surface area (Å²) in [5, 5.41) is 3.77. The van der Waals surface area contributed by atoms with E-state index >= 15 is 0 Å². The Morgan fingerprint density at radius 1 is 1.30 bits per heavy atom. The van der Waals surface area contributed by atoms with E-state index in [9.17, 15) is 0 Å². The first kappa shape index (κ1) is 15.5. The molecule has 0 radical (unpaired) electrons. The Morgan fingerprint density at radius 3 is 2.80 bits per heavy atom. The van der Waals surface area contributed by atoms with Crippen LogP contribution in [0.3, 0.4) is 0 Å². The maximum absolute atomic E-state index is 5.51. The van der Waals surface area contributed by atoms with Crippen LogP contribution in [0.1, 0.15) is 43.7 Å². The number of ether oxygens (including phenoxy) is 1. The first-order valence-electron chi connectivity index (χ1n) is 8.16. The standard InChI is InChI=1S/C18H29NO/c1-3-11-19-18(17-9-12-20-13-10-17)8-7-16-6-4-5-15(2)14-16/h4-6,14,17-19H,3,7-13H2,1-2H3. The Kier molecular flexibility index (Phi) is 6.55. The number of benzene rings is 1. The third-order valence-electron chi connectivity index (χ3n) is 4.32. The Morgan fingerprint density at radius 2 is 2.10 bits per heavy atom. The van der Waals surface area contributed by atoms with Gasteiger partial charge in [-0.1, -0.05) is 36.8 Å². The molecule has 1 N–H and O–H groups in total.